The van der Waals surface area contributed by atoms with Gasteiger partial charge >= 0.3 is 5.97 Å². The number of pyridine rings is 1. The van der Waals surface area contributed by atoms with E-state index in [0.29, 0.717) is 11.0 Å². The van der Waals surface area contributed by atoms with E-state index in [9.17, 15) is 14.3 Å². The number of carboxylic acid groups (broad SMARTS) is 1. The Balaban J connectivity index is 2.18. The lowest BCUT2D eigenvalue weighted by atomic mass is 10.2. The molecule has 6 nitrogen and oxygen atoms in total. The number of aromatic carboxylic acids is 1. The second-order valence-electron chi connectivity index (χ2n) is 4.37. The van der Waals surface area contributed by atoms with Crippen LogP contribution in [0.2, 0.25) is 0 Å². The summed E-state index contributed by atoms with van der Waals surface area (Å²) in [6.07, 6.45) is 2.66. The first-order chi connectivity index (χ1) is 10.1. The van der Waals surface area contributed by atoms with Crippen molar-refractivity contribution in [3.05, 3.63) is 48.0 Å². The molecule has 21 heavy (non-hydrogen) atoms. The molecule has 0 spiro atoms. The topological polar surface area (TPSA) is 77.2 Å². The number of halogens is 1. The highest BCUT2D eigenvalue weighted by Gasteiger charge is 2.19. The second kappa shape index (κ2) is 4.86. The van der Waals surface area contributed by atoms with Crippen molar-refractivity contribution in [1.82, 2.24) is 14.8 Å². The van der Waals surface area contributed by atoms with E-state index >= 15 is 0 Å². The summed E-state index contributed by atoms with van der Waals surface area (Å²) in [5.74, 6) is -1.36. The molecule has 0 unspecified atom stereocenters. The molecule has 0 aliphatic rings. The molecule has 0 bridgehead atoms. The highest BCUT2D eigenvalue weighted by molar-refractivity contribution is 5.98. The summed E-state index contributed by atoms with van der Waals surface area (Å²) in [6, 6.07) is 5.47. The Morgan fingerprint density at radius 3 is 2.90 bits per heavy atom. The van der Waals surface area contributed by atoms with Crippen LogP contribution >= 0.6 is 0 Å². The molecule has 2 aromatic heterocycles. The summed E-state index contributed by atoms with van der Waals surface area (Å²) >= 11 is 0. The highest BCUT2D eigenvalue weighted by atomic mass is 19.1. The van der Waals surface area contributed by atoms with Crippen LogP contribution in [0.1, 0.15) is 10.4 Å². The fourth-order valence-electron chi connectivity index (χ4n) is 1.98. The van der Waals surface area contributed by atoms with Gasteiger partial charge in [-0.15, -0.1) is 0 Å². The Bertz CT molecular complexity index is 845. The fraction of sp³-hybridized carbons (Fsp3) is 0.0714. The normalized spacial score (nSPS) is 10.8. The molecule has 3 rings (SSSR count). The predicted molar refractivity (Wildman–Crippen MR) is 71.9 cm³/mol. The Labute approximate surface area is 118 Å². The molecule has 3 aromatic rings. The van der Waals surface area contributed by atoms with Crippen molar-refractivity contribution >= 4 is 17.0 Å². The maximum absolute atomic E-state index is 13.2. The molecule has 0 fully saturated rings. The SMILES string of the molecule is Cn1ncc2c(Oc3cccc(F)c3)c(C(=O)O)cnc21. The lowest BCUT2D eigenvalue weighted by Gasteiger charge is -2.09. The quantitative estimate of drug-likeness (QED) is 0.801. The third kappa shape index (κ3) is 2.29. The van der Waals surface area contributed by atoms with Crippen molar-refractivity contribution < 1.29 is 19.0 Å². The first-order valence-electron chi connectivity index (χ1n) is 6.03. The van der Waals surface area contributed by atoms with Gasteiger partial charge in [-0.1, -0.05) is 6.07 Å². The maximum Gasteiger partial charge on any atom is 0.341 e. The number of hydrogen-bond acceptors (Lipinski definition) is 4. The highest BCUT2D eigenvalue weighted by Crippen LogP contribution is 2.32. The molecule has 2 heterocycles. The smallest absolute Gasteiger partial charge is 0.341 e. The zero-order valence-corrected chi connectivity index (χ0v) is 10.9. The van der Waals surface area contributed by atoms with Gasteiger partial charge in [-0.2, -0.15) is 5.10 Å². The van der Waals surface area contributed by atoms with Gasteiger partial charge in [0.05, 0.1) is 11.6 Å². The minimum absolute atomic E-state index is 0.0891. The standard InChI is InChI=1S/C14H10FN3O3/c1-18-13-10(7-17-18)12(11(6-16-13)14(19)20)21-9-4-2-3-8(15)5-9/h2-7H,1H3,(H,19,20). The number of rotatable bonds is 3. The monoisotopic (exact) mass is 287 g/mol. The van der Waals surface area contributed by atoms with Crippen molar-refractivity contribution in [2.24, 2.45) is 7.05 Å². The largest absolute Gasteiger partial charge is 0.477 e. The molecule has 0 atom stereocenters. The van der Waals surface area contributed by atoms with Crippen molar-refractivity contribution in [3.63, 3.8) is 0 Å². The lowest BCUT2D eigenvalue weighted by molar-refractivity contribution is 0.0694. The molecule has 0 amide bonds. The molecule has 1 N–H and O–H groups in total. The Morgan fingerprint density at radius 2 is 2.19 bits per heavy atom. The molecule has 106 valence electrons. The summed E-state index contributed by atoms with van der Waals surface area (Å²) in [6.45, 7) is 0. The number of hydrogen-bond donors (Lipinski definition) is 1. The average molecular weight is 287 g/mol. The fourth-order valence-corrected chi connectivity index (χ4v) is 1.98. The molecular weight excluding hydrogens is 277 g/mol. The number of ether oxygens (including phenoxy) is 1. The van der Waals surface area contributed by atoms with Crippen LogP contribution in [-0.4, -0.2) is 25.8 Å². The third-order valence-electron chi connectivity index (χ3n) is 2.96. The second-order valence-corrected chi connectivity index (χ2v) is 4.37. The van der Waals surface area contributed by atoms with Crippen molar-refractivity contribution in [1.29, 1.82) is 0 Å². The number of carbonyl (C=O) groups is 1. The van der Waals surface area contributed by atoms with Crippen LogP contribution in [0.4, 0.5) is 4.39 Å². The summed E-state index contributed by atoms with van der Waals surface area (Å²) < 4.78 is 20.3. The van der Waals surface area contributed by atoms with Crippen molar-refractivity contribution in [2.45, 2.75) is 0 Å². The van der Waals surface area contributed by atoms with Crippen LogP contribution in [0.25, 0.3) is 11.0 Å². The Morgan fingerprint density at radius 1 is 1.38 bits per heavy atom. The van der Waals surface area contributed by atoms with Crippen LogP contribution in [0, 0.1) is 5.82 Å². The van der Waals surface area contributed by atoms with E-state index in [1.807, 2.05) is 0 Å². The maximum atomic E-state index is 13.2. The van der Waals surface area contributed by atoms with Gasteiger partial charge in [0.15, 0.2) is 11.4 Å². The predicted octanol–water partition coefficient (Wildman–Crippen LogP) is 2.60. The summed E-state index contributed by atoms with van der Waals surface area (Å²) in [7, 11) is 1.68. The summed E-state index contributed by atoms with van der Waals surface area (Å²) in [5, 5.41) is 13.7. The van der Waals surface area contributed by atoms with E-state index in [1.165, 1.54) is 41.3 Å². The van der Waals surface area contributed by atoms with Gasteiger partial charge in [-0.05, 0) is 12.1 Å². The van der Waals surface area contributed by atoms with E-state index < -0.39 is 11.8 Å². The molecule has 0 radical (unpaired) electrons. The molecule has 1 aromatic carbocycles. The number of aryl methyl sites for hydroxylation is 1. The zero-order chi connectivity index (χ0) is 15.0. The van der Waals surface area contributed by atoms with E-state index in [1.54, 1.807) is 7.05 Å². The summed E-state index contributed by atoms with van der Waals surface area (Å²) in [5.41, 5.74) is 0.367. The van der Waals surface area contributed by atoms with E-state index in [0.717, 1.165) is 0 Å². The number of nitrogens with zero attached hydrogens (tertiary/aromatic N) is 3. The minimum atomic E-state index is -1.18. The molecule has 0 saturated heterocycles. The molecular formula is C14H10FN3O3. The zero-order valence-electron chi connectivity index (χ0n) is 10.9. The first-order valence-corrected chi connectivity index (χ1v) is 6.03. The van der Waals surface area contributed by atoms with Crippen molar-refractivity contribution in [3.8, 4) is 11.5 Å². The van der Waals surface area contributed by atoms with Crippen LogP contribution in [0.3, 0.4) is 0 Å². The van der Waals surface area contributed by atoms with Gasteiger partial charge < -0.3 is 9.84 Å². The number of aromatic nitrogens is 3. The Hall–Kier alpha value is -2.96. The van der Waals surface area contributed by atoms with Gasteiger partial charge in [0.2, 0.25) is 0 Å². The number of carboxylic acids is 1. The van der Waals surface area contributed by atoms with Crippen LogP contribution in [0.5, 0.6) is 11.5 Å². The van der Waals surface area contributed by atoms with Crippen LogP contribution in [-0.2, 0) is 7.05 Å². The molecule has 0 aliphatic carbocycles. The molecule has 7 heteroatoms. The van der Waals surface area contributed by atoms with E-state index in [-0.39, 0.29) is 17.1 Å². The minimum Gasteiger partial charge on any atom is -0.477 e. The number of fused-ring (bicyclic) bond motifs is 1. The molecule has 0 aliphatic heterocycles. The average Bonchev–Trinajstić information content (AvgIpc) is 2.81. The molecule has 0 saturated carbocycles. The van der Waals surface area contributed by atoms with Crippen LogP contribution in [0.15, 0.2) is 36.7 Å². The summed E-state index contributed by atoms with van der Waals surface area (Å²) in [4.78, 5) is 15.4. The van der Waals surface area contributed by atoms with E-state index in [4.69, 9.17) is 4.74 Å². The Kier molecular flexibility index (Phi) is 3.02. The van der Waals surface area contributed by atoms with Gasteiger partial charge in [-0.25, -0.2) is 14.2 Å². The third-order valence-corrected chi connectivity index (χ3v) is 2.96. The van der Waals surface area contributed by atoms with Gasteiger partial charge in [0.25, 0.3) is 0 Å². The van der Waals surface area contributed by atoms with Gasteiger partial charge in [-0.3, -0.25) is 4.68 Å². The van der Waals surface area contributed by atoms with Crippen LogP contribution < -0.4 is 4.74 Å². The lowest BCUT2D eigenvalue weighted by Crippen LogP contribution is -2.02. The van der Waals surface area contributed by atoms with Gasteiger partial charge in [0, 0.05) is 19.3 Å². The first kappa shape index (κ1) is 13.0. The van der Waals surface area contributed by atoms with Crippen molar-refractivity contribution in [2.75, 3.05) is 0 Å². The van der Waals surface area contributed by atoms with E-state index in [2.05, 4.69) is 10.1 Å². The number of benzene rings is 1. The van der Waals surface area contributed by atoms with Gasteiger partial charge in [0.1, 0.15) is 17.1 Å².